The van der Waals surface area contributed by atoms with Gasteiger partial charge in [-0.15, -0.1) is 0 Å². The molecule has 0 radical (unpaired) electrons. The van der Waals surface area contributed by atoms with Crippen molar-refractivity contribution in [1.82, 2.24) is 14.5 Å². The van der Waals surface area contributed by atoms with Crippen LogP contribution in [0.3, 0.4) is 0 Å². The van der Waals surface area contributed by atoms with E-state index in [0.717, 1.165) is 11.5 Å². The predicted molar refractivity (Wildman–Crippen MR) is 90.5 cm³/mol. The van der Waals surface area contributed by atoms with Gasteiger partial charge in [0.05, 0.1) is 23.8 Å². The van der Waals surface area contributed by atoms with Crippen molar-refractivity contribution >= 4 is 16.8 Å². The van der Waals surface area contributed by atoms with Gasteiger partial charge in [-0.3, -0.25) is 14.2 Å². The molecule has 1 aromatic carbocycles. The van der Waals surface area contributed by atoms with Gasteiger partial charge in [0.1, 0.15) is 11.5 Å². The first-order chi connectivity index (χ1) is 11.5. The van der Waals surface area contributed by atoms with E-state index in [-0.39, 0.29) is 17.9 Å². The fourth-order valence-corrected chi connectivity index (χ4v) is 2.56. The van der Waals surface area contributed by atoms with Crippen LogP contribution in [-0.2, 0) is 17.9 Å². The van der Waals surface area contributed by atoms with Crippen molar-refractivity contribution in [2.45, 2.75) is 26.4 Å². The van der Waals surface area contributed by atoms with Gasteiger partial charge >= 0.3 is 0 Å². The highest BCUT2D eigenvalue weighted by Gasteiger charge is 2.12. The molecule has 2 aromatic heterocycles. The molecule has 1 amide bonds. The average molecular weight is 325 g/mol. The second kappa shape index (κ2) is 6.70. The zero-order valence-electron chi connectivity index (χ0n) is 13.7. The number of para-hydroxylation sites is 1. The molecule has 0 fully saturated rings. The van der Waals surface area contributed by atoms with E-state index in [9.17, 15) is 9.59 Å². The Balaban J connectivity index is 1.65. The second-order valence-electron chi connectivity index (χ2n) is 5.77. The maximum absolute atomic E-state index is 12.4. The summed E-state index contributed by atoms with van der Waals surface area (Å²) in [5, 5.41) is 0.562. The molecule has 3 rings (SSSR count). The van der Waals surface area contributed by atoms with Crippen LogP contribution in [0.15, 0.2) is 51.9 Å². The van der Waals surface area contributed by atoms with Gasteiger partial charge in [-0.25, -0.2) is 4.98 Å². The quantitative estimate of drug-likeness (QED) is 0.722. The van der Waals surface area contributed by atoms with Crippen LogP contribution in [0.4, 0.5) is 0 Å². The Bertz CT molecular complexity index is 926. The maximum atomic E-state index is 12.4. The number of aromatic nitrogens is 2. The maximum Gasteiger partial charge on any atom is 0.261 e. The van der Waals surface area contributed by atoms with Gasteiger partial charge in [0.2, 0.25) is 5.91 Å². The Hall–Kier alpha value is -2.89. The van der Waals surface area contributed by atoms with Crippen molar-refractivity contribution in [1.29, 1.82) is 0 Å². The molecule has 6 heteroatoms. The molecule has 3 aromatic rings. The van der Waals surface area contributed by atoms with Gasteiger partial charge in [-0.2, -0.15) is 0 Å². The first-order valence-electron chi connectivity index (χ1n) is 7.78. The third kappa shape index (κ3) is 3.37. The number of fused-ring (bicyclic) bond motifs is 1. The Morgan fingerprint density at radius 1 is 1.25 bits per heavy atom. The van der Waals surface area contributed by atoms with Crippen LogP contribution in [-0.4, -0.2) is 27.4 Å². The number of furan rings is 1. The summed E-state index contributed by atoms with van der Waals surface area (Å²) in [6.45, 7) is 2.58. The lowest BCUT2D eigenvalue weighted by Crippen LogP contribution is -2.29. The number of carbonyl (C=O) groups is 1. The van der Waals surface area contributed by atoms with Gasteiger partial charge < -0.3 is 9.32 Å². The molecule has 0 aliphatic heterocycles. The Morgan fingerprint density at radius 3 is 2.79 bits per heavy atom. The van der Waals surface area contributed by atoms with Crippen molar-refractivity contribution in [2.75, 3.05) is 7.05 Å². The van der Waals surface area contributed by atoms with Gasteiger partial charge in [-0.1, -0.05) is 12.1 Å². The van der Waals surface area contributed by atoms with Crippen LogP contribution in [0.5, 0.6) is 0 Å². The van der Waals surface area contributed by atoms with Gasteiger partial charge in [-0.05, 0) is 31.2 Å². The minimum Gasteiger partial charge on any atom is -0.464 e. The molecule has 0 bridgehead atoms. The molecule has 0 atom stereocenters. The summed E-state index contributed by atoms with van der Waals surface area (Å²) >= 11 is 0. The molecule has 124 valence electrons. The molecular weight excluding hydrogens is 306 g/mol. The highest BCUT2D eigenvalue weighted by atomic mass is 16.3. The summed E-state index contributed by atoms with van der Waals surface area (Å²) in [6.07, 6.45) is 1.73. The molecule has 0 spiro atoms. The highest BCUT2D eigenvalue weighted by molar-refractivity contribution is 5.77. The summed E-state index contributed by atoms with van der Waals surface area (Å²) in [6, 6.07) is 10.9. The van der Waals surface area contributed by atoms with E-state index >= 15 is 0 Å². The number of aryl methyl sites for hydroxylation is 2. The number of amides is 1. The summed E-state index contributed by atoms with van der Waals surface area (Å²) in [7, 11) is 1.72. The predicted octanol–water partition coefficient (Wildman–Crippen LogP) is 2.35. The van der Waals surface area contributed by atoms with E-state index in [0.29, 0.717) is 24.0 Å². The monoisotopic (exact) mass is 325 g/mol. The van der Waals surface area contributed by atoms with Gasteiger partial charge in [0.25, 0.3) is 5.56 Å². The number of carbonyl (C=O) groups excluding carboxylic acids is 1. The standard InChI is InChI=1S/C18H19N3O3/c1-13-7-8-14(24-13)11-20(2)17(22)9-10-21-12-19-16-6-4-3-5-15(16)18(21)23/h3-8,12H,9-11H2,1-2H3. The highest BCUT2D eigenvalue weighted by Crippen LogP contribution is 2.10. The van der Waals surface area contributed by atoms with Crippen molar-refractivity contribution in [2.24, 2.45) is 0 Å². The Kier molecular flexibility index (Phi) is 4.46. The van der Waals surface area contributed by atoms with E-state index in [1.807, 2.05) is 25.1 Å². The molecular formula is C18H19N3O3. The first kappa shape index (κ1) is 16.0. The zero-order chi connectivity index (χ0) is 17.1. The van der Waals surface area contributed by atoms with Crippen LogP contribution in [0.1, 0.15) is 17.9 Å². The Morgan fingerprint density at radius 2 is 2.04 bits per heavy atom. The fraction of sp³-hybridized carbons (Fsp3) is 0.278. The van der Waals surface area contributed by atoms with E-state index in [2.05, 4.69) is 4.98 Å². The molecule has 0 saturated carbocycles. The van der Waals surface area contributed by atoms with E-state index in [1.54, 1.807) is 30.1 Å². The molecule has 2 heterocycles. The van der Waals surface area contributed by atoms with Crippen LogP contribution < -0.4 is 5.56 Å². The lowest BCUT2D eigenvalue weighted by molar-refractivity contribution is -0.130. The molecule has 0 aliphatic carbocycles. The first-order valence-corrected chi connectivity index (χ1v) is 7.78. The van der Waals surface area contributed by atoms with Crippen molar-refractivity contribution in [3.63, 3.8) is 0 Å². The molecule has 0 aliphatic rings. The second-order valence-corrected chi connectivity index (χ2v) is 5.77. The average Bonchev–Trinajstić information content (AvgIpc) is 2.99. The number of hydrogen-bond donors (Lipinski definition) is 0. The van der Waals surface area contributed by atoms with Gasteiger partial charge in [0, 0.05) is 20.0 Å². The largest absolute Gasteiger partial charge is 0.464 e. The van der Waals surface area contributed by atoms with E-state index in [4.69, 9.17) is 4.42 Å². The van der Waals surface area contributed by atoms with Crippen LogP contribution in [0, 0.1) is 6.92 Å². The van der Waals surface area contributed by atoms with E-state index in [1.165, 1.54) is 10.9 Å². The molecule has 24 heavy (non-hydrogen) atoms. The van der Waals surface area contributed by atoms with Crippen molar-refractivity contribution in [3.05, 3.63) is 64.6 Å². The minimum atomic E-state index is -0.127. The fourth-order valence-electron chi connectivity index (χ4n) is 2.56. The Labute approximate surface area is 139 Å². The number of benzene rings is 1. The van der Waals surface area contributed by atoms with Crippen molar-refractivity contribution in [3.8, 4) is 0 Å². The molecule has 0 N–H and O–H groups in total. The summed E-state index contributed by atoms with van der Waals surface area (Å²) in [4.78, 5) is 30.5. The summed E-state index contributed by atoms with van der Waals surface area (Å²) in [5.74, 6) is 1.51. The summed E-state index contributed by atoms with van der Waals surface area (Å²) < 4.78 is 6.95. The van der Waals surface area contributed by atoms with E-state index < -0.39 is 0 Å². The summed E-state index contributed by atoms with van der Waals surface area (Å²) in [5.41, 5.74) is 0.535. The minimum absolute atomic E-state index is 0.0517. The van der Waals surface area contributed by atoms with Crippen LogP contribution in [0.25, 0.3) is 10.9 Å². The van der Waals surface area contributed by atoms with Crippen LogP contribution >= 0.6 is 0 Å². The third-order valence-electron chi connectivity index (χ3n) is 3.91. The van der Waals surface area contributed by atoms with Crippen LogP contribution in [0.2, 0.25) is 0 Å². The number of nitrogens with zero attached hydrogens (tertiary/aromatic N) is 3. The van der Waals surface area contributed by atoms with Gasteiger partial charge in [0.15, 0.2) is 0 Å². The third-order valence-corrected chi connectivity index (χ3v) is 3.91. The molecule has 0 unspecified atom stereocenters. The normalized spacial score (nSPS) is 10.9. The molecule has 6 nitrogen and oxygen atoms in total. The molecule has 0 saturated heterocycles. The lowest BCUT2D eigenvalue weighted by Gasteiger charge is -2.16. The number of hydrogen-bond acceptors (Lipinski definition) is 4. The number of rotatable bonds is 5. The topological polar surface area (TPSA) is 68.3 Å². The van der Waals surface area contributed by atoms with Crippen molar-refractivity contribution < 1.29 is 9.21 Å². The SMILES string of the molecule is Cc1ccc(CN(C)C(=O)CCn2cnc3ccccc3c2=O)o1. The zero-order valence-corrected chi connectivity index (χ0v) is 13.7. The lowest BCUT2D eigenvalue weighted by atomic mass is 10.2. The smallest absolute Gasteiger partial charge is 0.261 e.